The Balaban J connectivity index is 2.77. The third-order valence-electron chi connectivity index (χ3n) is 2.20. The Morgan fingerprint density at radius 1 is 1.62 bits per heavy atom. The van der Waals surface area contributed by atoms with Crippen LogP contribution >= 0.6 is 22.6 Å². The van der Waals surface area contributed by atoms with E-state index in [1.165, 1.54) is 7.11 Å². The van der Waals surface area contributed by atoms with Gasteiger partial charge in [0, 0.05) is 7.11 Å². The van der Waals surface area contributed by atoms with Gasteiger partial charge in [-0.25, -0.2) is 0 Å². The number of rotatable bonds is 2. The maximum absolute atomic E-state index is 9.59. The molecule has 0 aliphatic carbocycles. The minimum atomic E-state index is -1.47. The molecule has 78 valence electrons. The van der Waals surface area contributed by atoms with Gasteiger partial charge in [0.05, 0.1) is 23.2 Å². The molecule has 4 unspecified atom stereocenters. The number of hydrogen-bond acceptors (Lipinski definition) is 5. The zero-order valence-corrected chi connectivity index (χ0v) is 9.34. The smallest absolute Gasteiger partial charge is 0.220 e. The Bertz CT molecular complexity index is 172. The molecule has 0 spiro atoms. The molecule has 5 nitrogen and oxygen atoms in total. The number of hydrogen-bond donors (Lipinski definition) is 3. The van der Waals surface area contributed by atoms with Crippen LogP contribution in [-0.4, -0.2) is 57.6 Å². The van der Waals surface area contributed by atoms with Crippen LogP contribution in [-0.2, 0) is 9.47 Å². The van der Waals surface area contributed by atoms with Gasteiger partial charge in [0.1, 0.15) is 6.10 Å². The summed E-state index contributed by atoms with van der Waals surface area (Å²) in [6.45, 7) is -0.238. The number of halogens is 1. The maximum atomic E-state index is 9.59. The minimum Gasteiger partial charge on any atom is -0.391 e. The summed E-state index contributed by atoms with van der Waals surface area (Å²) in [5, 5.41) is 28.1. The van der Waals surface area contributed by atoms with E-state index in [4.69, 9.17) is 14.6 Å². The standard InChI is InChI=1S/C7H13IO5/c1-12-7(3-9)6(11)5(10)4(8)2-13-7/h4-6,9-11H,2-3H2,1H3. The lowest BCUT2D eigenvalue weighted by Crippen LogP contribution is -2.62. The summed E-state index contributed by atoms with van der Waals surface area (Å²) in [6.07, 6.45) is -2.17. The number of aliphatic hydroxyl groups excluding tert-OH is 3. The third kappa shape index (κ3) is 1.97. The molecule has 1 aliphatic heterocycles. The second-order valence-electron chi connectivity index (χ2n) is 2.94. The fraction of sp³-hybridized carbons (Fsp3) is 1.00. The van der Waals surface area contributed by atoms with Crippen LogP contribution in [0.2, 0.25) is 0 Å². The molecular weight excluding hydrogens is 291 g/mol. The Morgan fingerprint density at radius 2 is 2.23 bits per heavy atom. The van der Waals surface area contributed by atoms with Crippen molar-refractivity contribution in [3.8, 4) is 0 Å². The van der Waals surface area contributed by atoms with Crippen LogP contribution in [0.5, 0.6) is 0 Å². The number of alkyl halides is 1. The predicted molar refractivity (Wildman–Crippen MR) is 52.6 cm³/mol. The van der Waals surface area contributed by atoms with Gasteiger partial charge in [-0.3, -0.25) is 0 Å². The van der Waals surface area contributed by atoms with Gasteiger partial charge in [0.2, 0.25) is 5.79 Å². The molecule has 0 radical (unpaired) electrons. The monoisotopic (exact) mass is 304 g/mol. The van der Waals surface area contributed by atoms with Crippen molar-refractivity contribution in [3.05, 3.63) is 0 Å². The largest absolute Gasteiger partial charge is 0.391 e. The molecule has 1 fully saturated rings. The van der Waals surface area contributed by atoms with Crippen LogP contribution in [0.15, 0.2) is 0 Å². The molecular formula is C7H13IO5. The molecule has 4 atom stereocenters. The molecule has 0 aromatic rings. The van der Waals surface area contributed by atoms with Crippen molar-refractivity contribution in [1.29, 1.82) is 0 Å². The molecule has 1 aliphatic rings. The lowest BCUT2D eigenvalue weighted by molar-refractivity contribution is -0.319. The number of methoxy groups -OCH3 is 1. The Morgan fingerprint density at radius 3 is 2.69 bits per heavy atom. The summed E-state index contributed by atoms with van der Waals surface area (Å²) in [5.41, 5.74) is 0. The highest BCUT2D eigenvalue weighted by molar-refractivity contribution is 14.1. The second kappa shape index (κ2) is 4.37. The van der Waals surface area contributed by atoms with E-state index in [0.717, 1.165) is 0 Å². The fourth-order valence-electron chi connectivity index (χ4n) is 1.25. The van der Waals surface area contributed by atoms with Gasteiger partial charge in [0.15, 0.2) is 0 Å². The molecule has 13 heavy (non-hydrogen) atoms. The van der Waals surface area contributed by atoms with E-state index < -0.39 is 24.6 Å². The highest BCUT2D eigenvalue weighted by atomic mass is 127. The highest BCUT2D eigenvalue weighted by Gasteiger charge is 2.49. The molecule has 0 aromatic carbocycles. The van der Waals surface area contributed by atoms with E-state index in [-0.39, 0.29) is 10.5 Å². The first-order valence-electron chi connectivity index (χ1n) is 3.87. The van der Waals surface area contributed by atoms with E-state index in [0.29, 0.717) is 0 Å². The Kier molecular flexibility index (Phi) is 3.90. The molecule has 0 saturated carbocycles. The van der Waals surface area contributed by atoms with Crippen molar-refractivity contribution in [1.82, 2.24) is 0 Å². The van der Waals surface area contributed by atoms with Gasteiger partial charge in [-0.05, 0) is 0 Å². The summed E-state index contributed by atoms with van der Waals surface area (Å²) in [6, 6.07) is 0. The maximum Gasteiger partial charge on any atom is 0.220 e. The van der Waals surface area contributed by atoms with Gasteiger partial charge < -0.3 is 24.8 Å². The molecule has 0 bridgehead atoms. The quantitative estimate of drug-likeness (QED) is 0.445. The van der Waals surface area contributed by atoms with E-state index in [2.05, 4.69) is 0 Å². The van der Waals surface area contributed by atoms with Gasteiger partial charge in [-0.1, -0.05) is 22.6 Å². The fourth-order valence-corrected chi connectivity index (χ4v) is 1.82. The van der Waals surface area contributed by atoms with E-state index in [9.17, 15) is 10.2 Å². The van der Waals surface area contributed by atoms with E-state index in [1.54, 1.807) is 0 Å². The molecule has 1 saturated heterocycles. The lowest BCUT2D eigenvalue weighted by atomic mass is 9.99. The number of ether oxygens (including phenoxy) is 2. The van der Waals surface area contributed by atoms with Crippen LogP contribution < -0.4 is 0 Å². The van der Waals surface area contributed by atoms with Crippen LogP contribution in [0.25, 0.3) is 0 Å². The molecule has 0 aromatic heterocycles. The predicted octanol–water partition coefficient (Wildman–Crippen LogP) is -1.12. The summed E-state index contributed by atoms with van der Waals surface area (Å²) >= 11 is 1.98. The summed E-state index contributed by atoms with van der Waals surface area (Å²) in [5.74, 6) is -1.47. The summed E-state index contributed by atoms with van der Waals surface area (Å²) in [7, 11) is 1.32. The third-order valence-corrected chi connectivity index (χ3v) is 3.29. The van der Waals surface area contributed by atoms with Crippen LogP contribution in [0.4, 0.5) is 0 Å². The van der Waals surface area contributed by atoms with Crippen LogP contribution in [0, 0.1) is 0 Å². The minimum absolute atomic E-state index is 0.192. The highest BCUT2D eigenvalue weighted by Crippen LogP contribution is 2.29. The topological polar surface area (TPSA) is 79.2 Å². The average Bonchev–Trinajstić information content (AvgIpc) is 2.16. The zero-order valence-electron chi connectivity index (χ0n) is 7.18. The average molecular weight is 304 g/mol. The van der Waals surface area contributed by atoms with Crippen molar-refractivity contribution in [3.63, 3.8) is 0 Å². The first-order chi connectivity index (χ1) is 6.07. The van der Waals surface area contributed by atoms with Crippen molar-refractivity contribution in [2.75, 3.05) is 20.3 Å². The summed E-state index contributed by atoms with van der Waals surface area (Å²) in [4.78, 5) is 0. The number of aliphatic hydroxyl groups is 3. The Labute approximate surface area is 89.8 Å². The van der Waals surface area contributed by atoms with Gasteiger partial charge in [-0.2, -0.15) is 0 Å². The van der Waals surface area contributed by atoms with Gasteiger partial charge >= 0.3 is 0 Å². The van der Waals surface area contributed by atoms with Crippen LogP contribution in [0.3, 0.4) is 0 Å². The lowest BCUT2D eigenvalue weighted by Gasteiger charge is -2.42. The van der Waals surface area contributed by atoms with Crippen molar-refractivity contribution in [2.45, 2.75) is 21.9 Å². The van der Waals surface area contributed by atoms with Crippen molar-refractivity contribution < 1.29 is 24.8 Å². The molecule has 3 N–H and O–H groups in total. The molecule has 1 rings (SSSR count). The van der Waals surface area contributed by atoms with Crippen molar-refractivity contribution >= 4 is 22.6 Å². The molecule has 6 heteroatoms. The van der Waals surface area contributed by atoms with E-state index in [1.807, 2.05) is 22.6 Å². The molecule has 1 heterocycles. The SMILES string of the molecule is COC1(CO)OCC(I)C(O)C1O. The van der Waals surface area contributed by atoms with E-state index >= 15 is 0 Å². The van der Waals surface area contributed by atoms with Gasteiger partial charge in [0.25, 0.3) is 0 Å². The first-order valence-corrected chi connectivity index (χ1v) is 5.12. The normalized spacial score (nSPS) is 46.4. The first kappa shape index (κ1) is 11.6. The van der Waals surface area contributed by atoms with Crippen molar-refractivity contribution in [2.24, 2.45) is 0 Å². The zero-order chi connectivity index (χ0) is 10.1. The second-order valence-corrected chi connectivity index (χ2v) is 4.54. The van der Waals surface area contributed by atoms with Gasteiger partial charge in [-0.15, -0.1) is 0 Å². The molecule has 0 amide bonds. The summed E-state index contributed by atoms with van der Waals surface area (Å²) < 4.78 is 9.85. The van der Waals surface area contributed by atoms with Crippen LogP contribution in [0.1, 0.15) is 0 Å². The Hall–Kier alpha value is 0.530.